The molecule has 2 N–H and O–H groups in total. The van der Waals surface area contributed by atoms with Gasteiger partial charge >= 0.3 is 0 Å². The Kier molecular flexibility index (Phi) is 3.10. The van der Waals surface area contributed by atoms with E-state index in [1.54, 1.807) is 0 Å². The third kappa shape index (κ3) is 2.10. The highest BCUT2D eigenvalue weighted by molar-refractivity contribution is 7.05. The molecule has 0 saturated carbocycles. The Labute approximate surface area is 87.6 Å². The predicted octanol–water partition coefficient (Wildman–Crippen LogP) is 1.27. The van der Waals surface area contributed by atoms with Crippen LogP contribution < -0.4 is 5.73 Å². The second kappa shape index (κ2) is 4.33. The lowest BCUT2D eigenvalue weighted by atomic mass is 9.98. The van der Waals surface area contributed by atoms with Gasteiger partial charge in [0.2, 0.25) is 0 Å². The molecule has 1 saturated heterocycles. The molecule has 0 bridgehead atoms. The highest BCUT2D eigenvalue weighted by Crippen LogP contribution is 2.27. The molecule has 0 radical (unpaired) electrons. The Morgan fingerprint density at radius 3 is 3.14 bits per heavy atom. The highest BCUT2D eigenvalue weighted by atomic mass is 32.1. The first kappa shape index (κ1) is 10.0. The molecular formula is C9H15N3OS. The van der Waals surface area contributed by atoms with Gasteiger partial charge in [0.15, 0.2) is 0 Å². The molecule has 2 rings (SSSR count). The summed E-state index contributed by atoms with van der Waals surface area (Å²) in [6.07, 6.45) is 2.13. The van der Waals surface area contributed by atoms with Crippen LogP contribution in [0, 0.1) is 12.8 Å². The van der Waals surface area contributed by atoms with Crippen molar-refractivity contribution in [3.8, 4) is 0 Å². The van der Waals surface area contributed by atoms with Gasteiger partial charge in [-0.05, 0) is 37.2 Å². The summed E-state index contributed by atoms with van der Waals surface area (Å²) in [4.78, 5) is 1.12. The fourth-order valence-electron chi connectivity index (χ4n) is 1.81. The number of nitrogens with two attached hydrogens (primary N) is 1. The summed E-state index contributed by atoms with van der Waals surface area (Å²) in [5, 5.41) is 3.97. The van der Waals surface area contributed by atoms with Gasteiger partial charge in [-0.2, -0.15) is 0 Å². The predicted molar refractivity (Wildman–Crippen MR) is 55.1 cm³/mol. The van der Waals surface area contributed by atoms with Crippen molar-refractivity contribution < 1.29 is 4.74 Å². The van der Waals surface area contributed by atoms with Gasteiger partial charge in [-0.1, -0.05) is 4.49 Å². The minimum atomic E-state index is 0.0849. The normalized spacial score (nSPS) is 24.0. The van der Waals surface area contributed by atoms with Gasteiger partial charge in [-0.3, -0.25) is 0 Å². The van der Waals surface area contributed by atoms with Gasteiger partial charge < -0.3 is 10.5 Å². The van der Waals surface area contributed by atoms with Crippen LogP contribution >= 0.6 is 11.5 Å². The summed E-state index contributed by atoms with van der Waals surface area (Å²) in [7, 11) is 0. The van der Waals surface area contributed by atoms with E-state index in [9.17, 15) is 0 Å². The first-order chi connectivity index (χ1) is 6.77. The molecule has 0 aliphatic carbocycles. The summed E-state index contributed by atoms with van der Waals surface area (Å²) in [6.45, 7) is 3.71. The molecular weight excluding hydrogens is 198 g/mol. The van der Waals surface area contributed by atoms with Gasteiger partial charge in [0.05, 0.1) is 10.6 Å². The van der Waals surface area contributed by atoms with E-state index >= 15 is 0 Å². The van der Waals surface area contributed by atoms with Gasteiger partial charge in [0.25, 0.3) is 0 Å². The molecule has 0 amide bonds. The zero-order valence-electron chi connectivity index (χ0n) is 8.27. The van der Waals surface area contributed by atoms with Crippen LogP contribution in [0.25, 0.3) is 0 Å². The van der Waals surface area contributed by atoms with Crippen LogP contribution in [-0.2, 0) is 4.74 Å². The molecule has 2 atom stereocenters. The van der Waals surface area contributed by atoms with E-state index in [4.69, 9.17) is 10.5 Å². The van der Waals surface area contributed by atoms with E-state index in [-0.39, 0.29) is 6.04 Å². The highest BCUT2D eigenvalue weighted by Gasteiger charge is 2.21. The minimum Gasteiger partial charge on any atom is -0.381 e. The van der Waals surface area contributed by atoms with Crippen molar-refractivity contribution >= 4 is 11.5 Å². The summed E-state index contributed by atoms with van der Waals surface area (Å²) in [5.74, 6) is 0.617. The van der Waals surface area contributed by atoms with Crippen LogP contribution in [0.1, 0.15) is 29.5 Å². The summed E-state index contributed by atoms with van der Waals surface area (Å²) < 4.78 is 9.22. The first-order valence-corrected chi connectivity index (χ1v) is 5.67. The molecule has 0 spiro atoms. The van der Waals surface area contributed by atoms with E-state index in [0.717, 1.165) is 36.6 Å². The molecule has 5 heteroatoms. The van der Waals surface area contributed by atoms with Crippen LogP contribution in [0.5, 0.6) is 0 Å². The van der Waals surface area contributed by atoms with Crippen molar-refractivity contribution in [2.24, 2.45) is 11.7 Å². The number of hydrogen-bond donors (Lipinski definition) is 1. The van der Waals surface area contributed by atoms with Gasteiger partial charge in [0.1, 0.15) is 0 Å². The number of rotatable bonds is 3. The fourth-order valence-corrected chi connectivity index (χ4v) is 2.47. The van der Waals surface area contributed by atoms with E-state index < -0.39 is 0 Å². The monoisotopic (exact) mass is 213 g/mol. The number of nitrogens with zero attached hydrogens (tertiary/aromatic N) is 2. The SMILES string of the molecule is Cc1nnsc1C(N)CC1CCOC1. The van der Waals surface area contributed by atoms with Crippen molar-refractivity contribution in [1.29, 1.82) is 0 Å². The molecule has 1 aliphatic rings. The standard InChI is InChI=1S/C9H15N3OS/c1-6-9(14-12-11-6)8(10)4-7-2-3-13-5-7/h7-8H,2-5,10H2,1H3. The molecule has 1 aliphatic heterocycles. The molecule has 1 aromatic heterocycles. The molecule has 2 unspecified atom stereocenters. The maximum absolute atomic E-state index is 6.09. The lowest BCUT2D eigenvalue weighted by Gasteiger charge is -2.13. The van der Waals surface area contributed by atoms with Crippen molar-refractivity contribution in [1.82, 2.24) is 9.59 Å². The smallest absolute Gasteiger partial charge is 0.0772 e. The Bertz CT molecular complexity index is 296. The third-order valence-corrected chi connectivity index (χ3v) is 3.59. The van der Waals surface area contributed by atoms with Crippen LogP contribution in [-0.4, -0.2) is 22.8 Å². The van der Waals surface area contributed by atoms with E-state index in [2.05, 4.69) is 9.59 Å². The molecule has 14 heavy (non-hydrogen) atoms. The number of hydrogen-bond acceptors (Lipinski definition) is 5. The van der Waals surface area contributed by atoms with E-state index in [1.165, 1.54) is 11.5 Å². The molecule has 0 aromatic carbocycles. The largest absolute Gasteiger partial charge is 0.381 e. The maximum atomic E-state index is 6.09. The molecule has 4 nitrogen and oxygen atoms in total. The van der Waals surface area contributed by atoms with Gasteiger partial charge in [0, 0.05) is 19.3 Å². The molecule has 1 fully saturated rings. The Balaban J connectivity index is 1.95. The van der Waals surface area contributed by atoms with Gasteiger partial charge in [-0.25, -0.2) is 0 Å². The van der Waals surface area contributed by atoms with Crippen LogP contribution in [0.15, 0.2) is 0 Å². The molecule has 78 valence electrons. The topological polar surface area (TPSA) is 61.0 Å². The molecule has 1 aromatic rings. The fraction of sp³-hybridized carbons (Fsp3) is 0.778. The second-order valence-electron chi connectivity index (χ2n) is 3.79. The quantitative estimate of drug-likeness (QED) is 0.821. The number of aryl methyl sites for hydroxylation is 1. The van der Waals surface area contributed by atoms with Crippen molar-refractivity contribution in [3.63, 3.8) is 0 Å². The Morgan fingerprint density at radius 2 is 2.57 bits per heavy atom. The van der Waals surface area contributed by atoms with E-state index in [0.29, 0.717) is 5.92 Å². The molecule has 2 heterocycles. The number of ether oxygens (including phenoxy) is 1. The lowest BCUT2D eigenvalue weighted by Crippen LogP contribution is -2.15. The van der Waals surface area contributed by atoms with Crippen molar-refractivity contribution in [3.05, 3.63) is 10.6 Å². The van der Waals surface area contributed by atoms with Crippen LogP contribution in [0.4, 0.5) is 0 Å². The Hall–Kier alpha value is -0.520. The maximum Gasteiger partial charge on any atom is 0.0772 e. The summed E-state index contributed by atoms with van der Waals surface area (Å²) >= 11 is 1.41. The van der Waals surface area contributed by atoms with Crippen LogP contribution in [0.2, 0.25) is 0 Å². The number of aromatic nitrogens is 2. The lowest BCUT2D eigenvalue weighted by molar-refractivity contribution is 0.182. The summed E-state index contributed by atoms with van der Waals surface area (Å²) in [6, 6.07) is 0.0849. The van der Waals surface area contributed by atoms with E-state index in [1.807, 2.05) is 6.92 Å². The third-order valence-electron chi connectivity index (χ3n) is 2.63. The van der Waals surface area contributed by atoms with Crippen LogP contribution in [0.3, 0.4) is 0 Å². The van der Waals surface area contributed by atoms with Gasteiger partial charge in [-0.15, -0.1) is 5.10 Å². The van der Waals surface area contributed by atoms with Crippen molar-refractivity contribution in [2.45, 2.75) is 25.8 Å². The Morgan fingerprint density at radius 1 is 1.71 bits per heavy atom. The average molecular weight is 213 g/mol. The zero-order chi connectivity index (χ0) is 9.97. The zero-order valence-corrected chi connectivity index (χ0v) is 9.09. The van der Waals surface area contributed by atoms with Crippen molar-refractivity contribution in [2.75, 3.05) is 13.2 Å². The minimum absolute atomic E-state index is 0.0849. The summed E-state index contributed by atoms with van der Waals surface area (Å²) in [5.41, 5.74) is 7.07. The second-order valence-corrected chi connectivity index (χ2v) is 4.58. The average Bonchev–Trinajstić information content (AvgIpc) is 2.75. The first-order valence-electron chi connectivity index (χ1n) is 4.89.